The minimum absolute atomic E-state index is 0. The van der Waals surface area contributed by atoms with Crippen molar-refractivity contribution in [1.82, 2.24) is 10.2 Å². The normalized spacial score (nSPS) is 19.1. The number of likely N-dealkylation sites (N-methyl/N-ethyl adjacent to an activating group) is 1. The van der Waals surface area contributed by atoms with E-state index in [-0.39, 0.29) is 18.3 Å². The lowest BCUT2D eigenvalue weighted by molar-refractivity contribution is 0.0703. The molecule has 2 heterocycles. The van der Waals surface area contributed by atoms with Gasteiger partial charge in [0, 0.05) is 24.0 Å². The zero-order chi connectivity index (χ0) is 13.1. The van der Waals surface area contributed by atoms with E-state index in [9.17, 15) is 4.79 Å². The van der Waals surface area contributed by atoms with Gasteiger partial charge in [0.05, 0.1) is 4.88 Å². The van der Waals surface area contributed by atoms with Crippen LogP contribution in [0.25, 0.3) is 0 Å². The molecule has 1 fully saturated rings. The summed E-state index contributed by atoms with van der Waals surface area (Å²) >= 11 is 1.66. The molecule has 1 atom stereocenters. The minimum atomic E-state index is 0. The number of aryl methyl sites for hydroxylation is 2. The quantitative estimate of drug-likeness (QED) is 0.931. The van der Waals surface area contributed by atoms with Crippen molar-refractivity contribution < 1.29 is 4.79 Å². The van der Waals surface area contributed by atoms with Gasteiger partial charge in [-0.15, -0.1) is 23.7 Å². The predicted octanol–water partition coefficient (Wildman–Crippen LogP) is 2.86. The number of piperidine rings is 1. The molecule has 0 aromatic carbocycles. The maximum absolute atomic E-state index is 12.5. The molecule has 0 aliphatic carbocycles. The molecule has 2 rings (SSSR count). The second kappa shape index (κ2) is 7.27. The summed E-state index contributed by atoms with van der Waals surface area (Å²) in [7, 11) is 1.98. The van der Waals surface area contributed by atoms with Crippen molar-refractivity contribution >= 4 is 29.7 Å². The molecule has 0 radical (unpaired) electrons. The Hall–Kier alpha value is -0.580. The Morgan fingerprint density at radius 3 is 2.89 bits per heavy atom. The largest absolute Gasteiger partial charge is 0.336 e. The van der Waals surface area contributed by atoms with Gasteiger partial charge in [0.1, 0.15) is 0 Å². The fourth-order valence-electron chi connectivity index (χ4n) is 2.53. The average molecular weight is 303 g/mol. The number of amides is 1. The first kappa shape index (κ1) is 16.5. The number of carbonyl (C=O) groups excluding carboxylic acids is 1. The van der Waals surface area contributed by atoms with Crippen molar-refractivity contribution in [3.05, 3.63) is 21.4 Å². The third kappa shape index (κ3) is 3.71. The summed E-state index contributed by atoms with van der Waals surface area (Å²) in [6, 6.07) is 2.50. The van der Waals surface area contributed by atoms with Crippen molar-refractivity contribution in [3.8, 4) is 0 Å². The van der Waals surface area contributed by atoms with E-state index in [4.69, 9.17) is 0 Å². The molecule has 1 aromatic rings. The van der Waals surface area contributed by atoms with Gasteiger partial charge >= 0.3 is 0 Å². The van der Waals surface area contributed by atoms with Crippen LogP contribution >= 0.6 is 23.7 Å². The second-order valence-corrected chi connectivity index (χ2v) is 6.09. The summed E-state index contributed by atoms with van der Waals surface area (Å²) in [4.78, 5) is 16.7. The molecule has 1 saturated heterocycles. The van der Waals surface area contributed by atoms with Crippen LogP contribution in [0.3, 0.4) is 0 Å². The van der Waals surface area contributed by atoms with E-state index in [0.717, 1.165) is 30.8 Å². The third-order valence-electron chi connectivity index (χ3n) is 3.67. The summed E-state index contributed by atoms with van der Waals surface area (Å²) in [5.41, 5.74) is 1.26. The fraction of sp³-hybridized carbons (Fsp3) is 0.643. The molecule has 3 nitrogen and oxygen atoms in total. The first-order chi connectivity index (χ1) is 8.65. The van der Waals surface area contributed by atoms with E-state index in [0.29, 0.717) is 6.04 Å². The number of nitrogens with one attached hydrogen (secondary N) is 1. The van der Waals surface area contributed by atoms with E-state index in [1.54, 1.807) is 11.3 Å². The van der Waals surface area contributed by atoms with Gasteiger partial charge in [-0.25, -0.2) is 0 Å². The molecule has 1 aromatic heterocycles. The van der Waals surface area contributed by atoms with Gasteiger partial charge < -0.3 is 10.2 Å². The van der Waals surface area contributed by atoms with Crippen LogP contribution in [0.4, 0.5) is 0 Å². The van der Waals surface area contributed by atoms with Crippen LogP contribution in [-0.4, -0.2) is 37.0 Å². The smallest absolute Gasteiger partial charge is 0.263 e. The van der Waals surface area contributed by atoms with Crippen LogP contribution in [0.15, 0.2) is 6.07 Å². The highest BCUT2D eigenvalue weighted by Crippen LogP contribution is 2.24. The Morgan fingerprint density at radius 2 is 2.32 bits per heavy atom. The lowest BCUT2D eigenvalue weighted by Gasteiger charge is -2.32. The standard InChI is InChI=1S/C14H22N2OS.ClH/c1-4-12-10(2)8-13(18-12)14(17)16-7-5-6-11(9-16)15-3;/h8,11,15H,4-7,9H2,1-3H3;1H. The Kier molecular flexibility index (Phi) is 6.30. The number of likely N-dealkylation sites (tertiary alicyclic amines) is 1. The molecule has 1 unspecified atom stereocenters. The summed E-state index contributed by atoms with van der Waals surface area (Å²) in [5.74, 6) is 0.211. The number of hydrogen-bond donors (Lipinski definition) is 1. The summed E-state index contributed by atoms with van der Waals surface area (Å²) in [6.07, 6.45) is 3.29. The lowest BCUT2D eigenvalue weighted by Crippen LogP contribution is -2.46. The highest BCUT2D eigenvalue weighted by molar-refractivity contribution is 7.14. The number of nitrogens with zero attached hydrogens (tertiary/aromatic N) is 1. The summed E-state index contributed by atoms with van der Waals surface area (Å²) in [5, 5.41) is 3.28. The summed E-state index contributed by atoms with van der Waals surface area (Å²) < 4.78 is 0. The van der Waals surface area contributed by atoms with E-state index in [1.807, 2.05) is 11.9 Å². The molecule has 1 amide bonds. The van der Waals surface area contributed by atoms with Crippen LogP contribution in [-0.2, 0) is 6.42 Å². The van der Waals surface area contributed by atoms with Gasteiger partial charge in [0.25, 0.3) is 5.91 Å². The van der Waals surface area contributed by atoms with Crippen molar-refractivity contribution in [2.75, 3.05) is 20.1 Å². The Balaban J connectivity index is 0.00000180. The zero-order valence-corrected chi connectivity index (χ0v) is 13.5. The van der Waals surface area contributed by atoms with Gasteiger partial charge in [-0.1, -0.05) is 6.92 Å². The minimum Gasteiger partial charge on any atom is -0.336 e. The molecule has 0 bridgehead atoms. The highest BCUT2D eigenvalue weighted by atomic mass is 35.5. The van der Waals surface area contributed by atoms with Crippen LogP contribution in [0.1, 0.15) is 39.9 Å². The number of thiophene rings is 1. The van der Waals surface area contributed by atoms with E-state index in [1.165, 1.54) is 16.9 Å². The van der Waals surface area contributed by atoms with E-state index < -0.39 is 0 Å². The van der Waals surface area contributed by atoms with Crippen molar-refractivity contribution in [1.29, 1.82) is 0 Å². The Labute approximate surface area is 125 Å². The average Bonchev–Trinajstić information content (AvgIpc) is 2.79. The number of hydrogen-bond acceptors (Lipinski definition) is 3. The summed E-state index contributed by atoms with van der Waals surface area (Å²) in [6.45, 7) is 5.98. The van der Waals surface area contributed by atoms with Crippen LogP contribution in [0.5, 0.6) is 0 Å². The van der Waals surface area contributed by atoms with Gasteiger partial charge in [-0.2, -0.15) is 0 Å². The molecule has 108 valence electrons. The molecular weight excluding hydrogens is 280 g/mol. The number of halogens is 1. The zero-order valence-electron chi connectivity index (χ0n) is 11.9. The fourth-order valence-corrected chi connectivity index (χ4v) is 3.61. The molecule has 1 aliphatic heterocycles. The second-order valence-electron chi connectivity index (χ2n) is 4.95. The van der Waals surface area contributed by atoms with Crippen molar-refractivity contribution in [3.63, 3.8) is 0 Å². The first-order valence-electron chi connectivity index (χ1n) is 6.71. The maximum atomic E-state index is 12.5. The first-order valence-corrected chi connectivity index (χ1v) is 7.53. The number of carbonyl (C=O) groups is 1. The van der Waals surface area contributed by atoms with E-state index in [2.05, 4.69) is 25.2 Å². The molecule has 1 aliphatic rings. The monoisotopic (exact) mass is 302 g/mol. The maximum Gasteiger partial charge on any atom is 0.263 e. The van der Waals surface area contributed by atoms with Crippen molar-refractivity contribution in [2.24, 2.45) is 0 Å². The van der Waals surface area contributed by atoms with Crippen LogP contribution in [0, 0.1) is 6.92 Å². The Bertz CT molecular complexity index is 433. The van der Waals surface area contributed by atoms with Crippen LogP contribution in [0.2, 0.25) is 0 Å². The molecule has 19 heavy (non-hydrogen) atoms. The molecule has 0 spiro atoms. The molecule has 5 heteroatoms. The molecule has 1 N–H and O–H groups in total. The molecule has 0 saturated carbocycles. The van der Waals surface area contributed by atoms with Gasteiger partial charge in [-0.3, -0.25) is 4.79 Å². The van der Waals surface area contributed by atoms with Gasteiger partial charge in [-0.05, 0) is 44.9 Å². The van der Waals surface area contributed by atoms with Gasteiger partial charge in [0.2, 0.25) is 0 Å². The SMILES string of the molecule is CCc1sc(C(=O)N2CCCC(NC)C2)cc1C.Cl. The lowest BCUT2D eigenvalue weighted by atomic mass is 10.1. The third-order valence-corrected chi connectivity index (χ3v) is 5.04. The predicted molar refractivity (Wildman–Crippen MR) is 83.7 cm³/mol. The number of rotatable bonds is 3. The molecular formula is C14H23ClN2OS. The topological polar surface area (TPSA) is 32.3 Å². The van der Waals surface area contributed by atoms with Gasteiger partial charge in [0.15, 0.2) is 0 Å². The van der Waals surface area contributed by atoms with Crippen LogP contribution < -0.4 is 5.32 Å². The highest BCUT2D eigenvalue weighted by Gasteiger charge is 2.24. The van der Waals surface area contributed by atoms with Crippen molar-refractivity contribution in [2.45, 2.75) is 39.2 Å². The Morgan fingerprint density at radius 1 is 1.58 bits per heavy atom. The van der Waals surface area contributed by atoms with E-state index >= 15 is 0 Å².